The summed E-state index contributed by atoms with van der Waals surface area (Å²) in [5.41, 5.74) is -0.729. The maximum Gasteiger partial charge on any atom is 0.248 e. The number of amides is 2. The number of hydrogen-bond acceptors (Lipinski definition) is 2. The SMILES string of the molecule is CCC1(C)NC(=O)C(C)N(C2CC(C)CC(C)C2)C1=O. The first-order chi connectivity index (χ1) is 9.28. The minimum Gasteiger partial charge on any atom is -0.340 e. The van der Waals surface area contributed by atoms with Gasteiger partial charge in [0.05, 0.1) is 0 Å². The minimum atomic E-state index is -0.729. The van der Waals surface area contributed by atoms with Crippen LogP contribution in [0.3, 0.4) is 0 Å². The van der Waals surface area contributed by atoms with Gasteiger partial charge in [0.2, 0.25) is 11.8 Å². The van der Waals surface area contributed by atoms with Crippen LogP contribution in [-0.4, -0.2) is 34.3 Å². The maximum absolute atomic E-state index is 12.9. The molecule has 20 heavy (non-hydrogen) atoms. The van der Waals surface area contributed by atoms with Gasteiger partial charge in [-0.1, -0.05) is 20.8 Å². The van der Waals surface area contributed by atoms with E-state index in [0.29, 0.717) is 18.3 Å². The van der Waals surface area contributed by atoms with E-state index in [-0.39, 0.29) is 23.9 Å². The van der Waals surface area contributed by atoms with Crippen LogP contribution in [0.4, 0.5) is 0 Å². The fourth-order valence-corrected chi connectivity index (χ4v) is 3.87. The van der Waals surface area contributed by atoms with E-state index in [1.54, 1.807) is 0 Å². The largest absolute Gasteiger partial charge is 0.340 e. The summed E-state index contributed by atoms with van der Waals surface area (Å²) in [5, 5.41) is 2.90. The first-order valence-corrected chi connectivity index (χ1v) is 7.93. The number of nitrogens with zero attached hydrogens (tertiary/aromatic N) is 1. The molecule has 1 aliphatic carbocycles. The molecule has 1 aliphatic heterocycles. The third-order valence-corrected chi connectivity index (χ3v) is 5.16. The van der Waals surface area contributed by atoms with Crippen LogP contribution >= 0.6 is 0 Å². The van der Waals surface area contributed by atoms with Gasteiger partial charge in [-0.15, -0.1) is 0 Å². The lowest BCUT2D eigenvalue weighted by Gasteiger charge is -2.49. The zero-order valence-electron chi connectivity index (χ0n) is 13.4. The normalized spacial score (nSPS) is 42.5. The molecule has 1 heterocycles. The van der Waals surface area contributed by atoms with E-state index in [9.17, 15) is 9.59 Å². The van der Waals surface area contributed by atoms with Crippen molar-refractivity contribution in [2.24, 2.45) is 11.8 Å². The van der Waals surface area contributed by atoms with Gasteiger partial charge >= 0.3 is 0 Å². The van der Waals surface area contributed by atoms with Gasteiger partial charge < -0.3 is 10.2 Å². The first kappa shape index (κ1) is 15.3. The molecular formula is C16H28N2O2. The van der Waals surface area contributed by atoms with Gasteiger partial charge in [0.15, 0.2) is 0 Å². The standard InChI is InChI=1S/C16H28N2O2/c1-6-16(5)15(20)18(12(4)14(19)17-16)13-8-10(2)7-11(3)9-13/h10-13H,6-9H2,1-5H3,(H,17,19). The molecule has 4 unspecified atom stereocenters. The van der Waals surface area contributed by atoms with Gasteiger partial charge in [-0.25, -0.2) is 0 Å². The molecule has 2 amide bonds. The Morgan fingerprint density at radius 3 is 2.20 bits per heavy atom. The van der Waals surface area contributed by atoms with Crippen molar-refractivity contribution >= 4 is 11.8 Å². The summed E-state index contributed by atoms with van der Waals surface area (Å²) in [4.78, 5) is 27.0. The zero-order chi connectivity index (χ0) is 15.1. The summed E-state index contributed by atoms with van der Waals surface area (Å²) < 4.78 is 0. The van der Waals surface area contributed by atoms with E-state index >= 15 is 0 Å². The van der Waals surface area contributed by atoms with Gasteiger partial charge in [-0.3, -0.25) is 9.59 Å². The molecule has 4 atom stereocenters. The first-order valence-electron chi connectivity index (χ1n) is 7.93. The van der Waals surface area contributed by atoms with Crippen LogP contribution in [-0.2, 0) is 9.59 Å². The van der Waals surface area contributed by atoms with Crippen molar-refractivity contribution in [1.82, 2.24) is 10.2 Å². The van der Waals surface area contributed by atoms with Crippen molar-refractivity contribution in [1.29, 1.82) is 0 Å². The van der Waals surface area contributed by atoms with Gasteiger partial charge in [0, 0.05) is 6.04 Å². The summed E-state index contributed by atoms with van der Waals surface area (Å²) in [7, 11) is 0. The molecule has 4 heteroatoms. The quantitative estimate of drug-likeness (QED) is 0.844. The smallest absolute Gasteiger partial charge is 0.248 e. The van der Waals surface area contributed by atoms with Crippen molar-refractivity contribution < 1.29 is 9.59 Å². The molecule has 0 aromatic carbocycles. The second kappa shape index (κ2) is 5.38. The van der Waals surface area contributed by atoms with Gasteiger partial charge in [-0.2, -0.15) is 0 Å². The van der Waals surface area contributed by atoms with E-state index in [0.717, 1.165) is 12.8 Å². The molecule has 1 saturated carbocycles. The highest BCUT2D eigenvalue weighted by Gasteiger charge is 2.48. The molecule has 0 radical (unpaired) electrons. The van der Waals surface area contributed by atoms with Crippen molar-refractivity contribution in [3.05, 3.63) is 0 Å². The maximum atomic E-state index is 12.9. The van der Waals surface area contributed by atoms with Crippen LogP contribution < -0.4 is 5.32 Å². The van der Waals surface area contributed by atoms with Gasteiger partial charge in [-0.05, 0) is 51.4 Å². The van der Waals surface area contributed by atoms with E-state index in [2.05, 4.69) is 19.2 Å². The average Bonchev–Trinajstić information content (AvgIpc) is 2.36. The van der Waals surface area contributed by atoms with Gasteiger partial charge in [0.25, 0.3) is 0 Å². The number of carbonyl (C=O) groups is 2. The summed E-state index contributed by atoms with van der Waals surface area (Å²) in [6.45, 7) is 10.2. The Labute approximate surface area is 122 Å². The Morgan fingerprint density at radius 2 is 1.70 bits per heavy atom. The molecule has 0 spiro atoms. The Bertz CT molecular complexity index is 399. The number of hydrogen-bond donors (Lipinski definition) is 1. The Balaban J connectivity index is 2.27. The molecule has 2 fully saturated rings. The molecule has 1 N–H and O–H groups in total. The molecular weight excluding hydrogens is 252 g/mol. The number of piperazine rings is 1. The van der Waals surface area contributed by atoms with Crippen LogP contribution in [0.25, 0.3) is 0 Å². The van der Waals surface area contributed by atoms with Crippen LogP contribution in [0.5, 0.6) is 0 Å². The number of nitrogens with one attached hydrogen (secondary N) is 1. The molecule has 0 aromatic heterocycles. The third-order valence-electron chi connectivity index (χ3n) is 5.16. The lowest BCUT2D eigenvalue weighted by atomic mass is 9.78. The fourth-order valence-electron chi connectivity index (χ4n) is 3.87. The minimum absolute atomic E-state index is 0.0140. The van der Waals surface area contributed by atoms with Crippen molar-refractivity contribution in [2.45, 2.75) is 77.9 Å². The highest BCUT2D eigenvalue weighted by atomic mass is 16.2. The van der Waals surface area contributed by atoms with E-state index in [1.807, 2.05) is 25.7 Å². The predicted octanol–water partition coefficient (Wildman–Crippen LogP) is 2.33. The summed E-state index contributed by atoms with van der Waals surface area (Å²) >= 11 is 0. The van der Waals surface area contributed by atoms with Crippen molar-refractivity contribution in [3.8, 4) is 0 Å². The van der Waals surface area contributed by atoms with Crippen molar-refractivity contribution in [3.63, 3.8) is 0 Å². The highest BCUT2D eigenvalue weighted by molar-refractivity contribution is 5.99. The Hall–Kier alpha value is -1.06. The highest BCUT2D eigenvalue weighted by Crippen LogP contribution is 2.35. The third kappa shape index (κ3) is 2.57. The monoisotopic (exact) mass is 280 g/mol. The number of carbonyl (C=O) groups excluding carboxylic acids is 2. The topological polar surface area (TPSA) is 49.4 Å². The molecule has 114 valence electrons. The fraction of sp³-hybridized carbons (Fsp3) is 0.875. The molecule has 2 aliphatic rings. The lowest BCUT2D eigenvalue weighted by molar-refractivity contribution is -0.158. The summed E-state index contributed by atoms with van der Waals surface area (Å²) in [5.74, 6) is 1.33. The van der Waals surface area contributed by atoms with Crippen LogP contribution in [0.15, 0.2) is 0 Å². The van der Waals surface area contributed by atoms with E-state index in [4.69, 9.17) is 0 Å². The predicted molar refractivity (Wildman–Crippen MR) is 79.1 cm³/mol. The Kier molecular flexibility index (Phi) is 4.12. The van der Waals surface area contributed by atoms with E-state index < -0.39 is 5.54 Å². The van der Waals surface area contributed by atoms with Crippen LogP contribution in [0, 0.1) is 11.8 Å². The summed E-state index contributed by atoms with van der Waals surface area (Å²) in [6.07, 6.45) is 3.91. The number of rotatable bonds is 2. The molecule has 2 rings (SSSR count). The second-order valence-corrected chi connectivity index (χ2v) is 7.13. The van der Waals surface area contributed by atoms with E-state index in [1.165, 1.54) is 6.42 Å². The van der Waals surface area contributed by atoms with Crippen LogP contribution in [0.2, 0.25) is 0 Å². The zero-order valence-corrected chi connectivity index (χ0v) is 13.4. The second-order valence-electron chi connectivity index (χ2n) is 7.13. The van der Waals surface area contributed by atoms with Crippen molar-refractivity contribution in [2.75, 3.05) is 0 Å². The van der Waals surface area contributed by atoms with Gasteiger partial charge in [0.1, 0.15) is 11.6 Å². The average molecular weight is 280 g/mol. The lowest BCUT2D eigenvalue weighted by Crippen LogP contribution is -2.70. The van der Waals surface area contributed by atoms with Crippen LogP contribution in [0.1, 0.15) is 60.3 Å². The summed E-state index contributed by atoms with van der Waals surface area (Å²) in [6, 6.07) is -0.127. The molecule has 0 aromatic rings. The molecule has 4 nitrogen and oxygen atoms in total. The molecule has 1 saturated heterocycles. The Morgan fingerprint density at radius 1 is 1.15 bits per heavy atom. The molecule has 0 bridgehead atoms.